The predicted octanol–water partition coefficient (Wildman–Crippen LogP) is 2.26. The number of rotatable bonds is 5. The van der Waals surface area contributed by atoms with E-state index < -0.39 is 5.97 Å². The van der Waals surface area contributed by atoms with Crippen molar-refractivity contribution in [3.8, 4) is 0 Å². The summed E-state index contributed by atoms with van der Waals surface area (Å²) in [6, 6.07) is 10.5. The van der Waals surface area contributed by atoms with Gasteiger partial charge in [0, 0.05) is 44.5 Å². The number of hydrogen-bond donors (Lipinski definition) is 1. The maximum Gasteiger partial charge on any atom is 0.337 e. The van der Waals surface area contributed by atoms with Gasteiger partial charge in [-0.05, 0) is 43.3 Å². The number of nitrogens with zero attached hydrogens (tertiary/aromatic N) is 3. The van der Waals surface area contributed by atoms with E-state index >= 15 is 0 Å². The molecular weight excluding hydrogens is 344 g/mol. The van der Waals surface area contributed by atoms with Gasteiger partial charge in [0.2, 0.25) is 0 Å². The lowest BCUT2D eigenvalue weighted by molar-refractivity contribution is 0.0599. The molecule has 0 spiro atoms. The third-order valence-corrected chi connectivity index (χ3v) is 4.57. The van der Waals surface area contributed by atoms with Crippen molar-refractivity contribution in [3.63, 3.8) is 0 Å². The monoisotopic (exact) mass is 368 g/mol. The van der Waals surface area contributed by atoms with E-state index in [0.717, 1.165) is 31.1 Å². The van der Waals surface area contributed by atoms with E-state index in [-0.39, 0.29) is 5.91 Å². The van der Waals surface area contributed by atoms with Crippen molar-refractivity contribution in [2.24, 2.45) is 0 Å². The first-order valence-corrected chi connectivity index (χ1v) is 9.05. The SMILES string of the molecule is CCNc1cccnc1N1CCN(C(=O)c2ccc(C(=O)OC)cc2)CC1. The quantitative estimate of drug-likeness (QED) is 0.816. The number of carbonyl (C=O) groups excluding carboxylic acids is 2. The van der Waals surface area contributed by atoms with Gasteiger partial charge < -0.3 is 19.9 Å². The zero-order valence-corrected chi connectivity index (χ0v) is 15.6. The average molecular weight is 368 g/mol. The van der Waals surface area contributed by atoms with Gasteiger partial charge in [-0.15, -0.1) is 0 Å². The summed E-state index contributed by atoms with van der Waals surface area (Å²) in [5, 5.41) is 3.33. The normalized spacial score (nSPS) is 14.0. The molecule has 2 aromatic rings. The predicted molar refractivity (Wildman–Crippen MR) is 104 cm³/mol. The minimum absolute atomic E-state index is 0.0287. The summed E-state index contributed by atoms with van der Waals surface area (Å²) in [5.74, 6) is 0.488. The molecule has 1 amide bonds. The molecule has 0 atom stereocenters. The maximum absolute atomic E-state index is 12.7. The molecule has 1 fully saturated rings. The molecule has 2 heterocycles. The van der Waals surface area contributed by atoms with E-state index in [0.29, 0.717) is 24.2 Å². The molecule has 1 aliphatic heterocycles. The number of benzene rings is 1. The minimum atomic E-state index is -0.408. The molecule has 7 heteroatoms. The lowest BCUT2D eigenvalue weighted by Crippen LogP contribution is -2.49. The number of ether oxygens (including phenoxy) is 1. The molecule has 142 valence electrons. The standard InChI is InChI=1S/C20H24N4O3/c1-3-21-17-5-4-10-22-18(17)23-11-13-24(14-12-23)19(25)15-6-8-16(9-7-15)20(26)27-2/h4-10,21H,3,11-14H2,1-2H3. The summed E-state index contributed by atoms with van der Waals surface area (Å²) in [5.41, 5.74) is 2.02. The Balaban J connectivity index is 1.64. The van der Waals surface area contributed by atoms with E-state index in [1.165, 1.54) is 7.11 Å². The van der Waals surface area contributed by atoms with Gasteiger partial charge in [0.05, 0.1) is 18.4 Å². The maximum atomic E-state index is 12.7. The number of hydrogen-bond acceptors (Lipinski definition) is 6. The van der Waals surface area contributed by atoms with Crippen molar-refractivity contribution >= 4 is 23.4 Å². The second kappa shape index (κ2) is 8.53. The summed E-state index contributed by atoms with van der Waals surface area (Å²) < 4.78 is 4.68. The van der Waals surface area contributed by atoms with Crippen LogP contribution in [-0.2, 0) is 4.74 Å². The summed E-state index contributed by atoms with van der Waals surface area (Å²) in [4.78, 5) is 32.8. The lowest BCUT2D eigenvalue weighted by atomic mass is 10.1. The van der Waals surface area contributed by atoms with Crippen LogP contribution < -0.4 is 10.2 Å². The van der Waals surface area contributed by atoms with Crippen LogP contribution in [0.5, 0.6) is 0 Å². The van der Waals surface area contributed by atoms with Crippen molar-refractivity contribution in [3.05, 3.63) is 53.7 Å². The summed E-state index contributed by atoms with van der Waals surface area (Å²) in [6.07, 6.45) is 1.79. The van der Waals surface area contributed by atoms with E-state index in [1.54, 1.807) is 30.5 Å². The number of esters is 1. The number of amides is 1. The van der Waals surface area contributed by atoms with Crippen LogP contribution in [0.3, 0.4) is 0 Å². The highest BCUT2D eigenvalue weighted by Crippen LogP contribution is 2.24. The number of pyridine rings is 1. The fraction of sp³-hybridized carbons (Fsp3) is 0.350. The lowest BCUT2D eigenvalue weighted by Gasteiger charge is -2.36. The summed E-state index contributed by atoms with van der Waals surface area (Å²) in [7, 11) is 1.34. The van der Waals surface area contributed by atoms with Crippen molar-refractivity contribution in [2.45, 2.75) is 6.92 Å². The first-order chi connectivity index (χ1) is 13.1. The Labute approximate surface area is 158 Å². The highest BCUT2D eigenvalue weighted by Gasteiger charge is 2.24. The molecule has 27 heavy (non-hydrogen) atoms. The molecule has 1 aliphatic rings. The average Bonchev–Trinajstić information content (AvgIpc) is 2.73. The van der Waals surface area contributed by atoms with Gasteiger partial charge in [0.1, 0.15) is 0 Å². The van der Waals surface area contributed by atoms with Crippen LogP contribution in [0.25, 0.3) is 0 Å². The molecule has 1 N–H and O–H groups in total. The van der Waals surface area contributed by atoms with Gasteiger partial charge >= 0.3 is 5.97 Å². The number of anilines is 2. The zero-order chi connectivity index (χ0) is 19.2. The molecule has 1 aromatic heterocycles. The van der Waals surface area contributed by atoms with Gasteiger partial charge in [-0.25, -0.2) is 9.78 Å². The fourth-order valence-electron chi connectivity index (χ4n) is 3.15. The second-order valence-corrected chi connectivity index (χ2v) is 6.25. The third-order valence-electron chi connectivity index (χ3n) is 4.57. The number of aromatic nitrogens is 1. The molecule has 7 nitrogen and oxygen atoms in total. The Kier molecular flexibility index (Phi) is 5.90. The summed E-state index contributed by atoms with van der Waals surface area (Å²) in [6.45, 7) is 5.58. The first-order valence-electron chi connectivity index (χ1n) is 9.05. The minimum Gasteiger partial charge on any atom is -0.465 e. The van der Waals surface area contributed by atoms with Crippen LogP contribution in [-0.4, -0.2) is 61.6 Å². The molecule has 3 rings (SSSR count). The highest BCUT2D eigenvalue weighted by atomic mass is 16.5. The number of carbonyl (C=O) groups is 2. The molecule has 0 aliphatic carbocycles. The van der Waals surface area contributed by atoms with E-state index in [9.17, 15) is 9.59 Å². The van der Waals surface area contributed by atoms with Gasteiger partial charge in [0.15, 0.2) is 5.82 Å². The van der Waals surface area contributed by atoms with Crippen LogP contribution in [0.15, 0.2) is 42.6 Å². The van der Waals surface area contributed by atoms with Crippen molar-refractivity contribution in [2.75, 3.05) is 50.1 Å². The van der Waals surface area contributed by atoms with Crippen LogP contribution in [0.4, 0.5) is 11.5 Å². The molecule has 0 bridgehead atoms. The fourth-order valence-corrected chi connectivity index (χ4v) is 3.15. The number of piperazine rings is 1. The van der Waals surface area contributed by atoms with Crippen LogP contribution >= 0.6 is 0 Å². The smallest absolute Gasteiger partial charge is 0.337 e. The van der Waals surface area contributed by atoms with Crippen molar-refractivity contribution < 1.29 is 14.3 Å². The molecule has 1 aromatic carbocycles. The largest absolute Gasteiger partial charge is 0.465 e. The molecule has 0 unspecified atom stereocenters. The molecular formula is C20H24N4O3. The van der Waals surface area contributed by atoms with Gasteiger partial charge in [-0.1, -0.05) is 0 Å². The van der Waals surface area contributed by atoms with Crippen LogP contribution in [0, 0.1) is 0 Å². The van der Waals surface area contributed by atoms with E-state index in [2.05, 4.69) is 26.9 Å². The highest BCUT2D eigenvalue weighted by molar-refractivity contribution is 5.96. The van der Waals surface area contributed by atoms with Crippen LogP contribution in [0.2, 0.25) is 0 Å². The Bertz CT molecular complexity index is 799. The van der Waals surface area contributed by atoms with Gasteiger partial charge in [0.25, 0.3) is 5.91 Å². The van der Waals surface area contributed by atoms with Gasteiger partial charge in [-0.2, -0.15) is 0 Å². The molecule has 0 radical (unpaired) electrons. The van der Waals surface area contributed by atoms with Gasteiger partial charge in [-0.3, -0.25) is 4.79 Å². The third kappa shape index (κ3) is 4.19. The number of nitrogens with one attached hydrogen (secondary N) is 1. The summed E-state index contributed by atoms with van der Waals surface area (Å²) >= 11 is 0. The zero-order valence-electron chi connectivity index (χ0n) is 15.6. The Morgan fingerprint density at radius 3 is 2.37 bits per heavy atom. The first kappa shape index (κ1) is 18.7. The van der Waals surface area contributed by atoms with Crippen molar-refractivity contribution in [1.29, 1.82) is 0 Å². The second-order valence-electron chi connectivity index (χ2n) is 6.25. The van der Waals surface area contributed by atoms with E-state index in [1.807, 2.05) is 17.0 Å². The molecule has 1 saturated heterocycles. The van der Waals surface area contributed by atoms with Crippen molar-refractivity contribution in [1.82, 2.24) is 9.88 Å². The topological polar surface area (TPSA) is 74.8 Å². The number of methoxy groups -OCH3 is 1. The molecule has 0 saturated carbocycles. The van der Waals surface area contributed by atoms with Crippen LogP contribution in [0.1, 0.15) is 27.6 Å². The Morgan fingerprint density at radius 1 is 1.07 bits per heavy atom. The Hall–Kier alpha value is -3.09. The van der Waals surface area contributed by atoms with E-state index in [4.69, 9.17) is 0 Å². The Morgan fingerprint density at radius 2 is 1.74 bits per heavy atom.